The Hall–Kier alpha value is -4.87. The van der Waals surface area contributed by atoms with Crippen LogP contribution in [0.1, 0.15) is 74.9 Å². The zero-order valence-corrected chi connectivity index (χ0v) is 38.3. The fourth-order valence-electron chi connectivity index (χ4n) is 6.66. The molecule has 6 aromatic carbocycles. The third-order valence-electron chi connectivity index (χ3n) is 10.4. The molecule has 0 aliphatic carbocycles. The average Bonchev–Trinajstić information content (AvgIpc) is 3.27. The van der Waals surface area contributed by atoms with Crippen molar-refractivity contribution in [3.8, 4) is 34.5 Å². The van der Waals surface area contributed by atoms with Crippen LogP contribution in [0.15, 0.2) is 150 Å². The van der Waals surface area contributed by atoms with Gasteiger partial charge in [0.05, 0.1) is 0 Å². The van der Waals surface area contributed by atoms with Crippen molar-refractivity contribution in [1.82, 2.24) is 9.72 Å². The number of hydrogen-bond acceptors (Lipinski definition) is 9. The van der Waals surface area contributed by atoms with Crippen molar-refractivity contribution >= 4 is 23.7 Å². The summed E-state index contributed by atoms with van der Waals surface area (Å²) in [6.45, 7) is 12.8. The maximum atomic E-state index is 7.19. The van der Waals surface area contributed by atoms with Crippen LogP contribution in [-0.2, 0) is 38.5 Å². The summed E-state index contributed by atoms with van der Waals surface area (Å²) in [4.78, 5) is 7.44. The first-order valence-electron chi connectivity index (χ1n) is 21.1. The molecule has 6 aromatic rings. The van der Waals surface area contributed by atoms with Crippen LogP contribution in [0.25, 0.3) is 0 Å². The topological polar surface area (TPSA) is 91.8 Å². The Bertz CT molecular complexity index is 2190. The van der Waals surface area contributed by atoms with Crippen molar-refractivity contribution in [2.45, 2.75) is 80.1 Å². The first kappa shape index (κ1) is 43.2. The summed E-state index contributed by atoms with van der Waals surface area (Å²) in [7, 11) is -12.2. The average molecular weight is 866 g/mol. The van der Waals surface area contributed by atoms with Gasteiger partial charge in [0.1, 0.15) is 0 Å². The fraction of sp³-hybridized carbons (Fsp3) is 0.250. The molecule has 12 heteroatoms. The van der Waals surface area contributed by atoms with Crippen molar-refractivity contribution in [3.63, 3.8) is 0 Å². The Labute approximate surface area is 357 Å². The molecule has 0 aromatic heterocycles. The first-order valence-corrected chi connectivity index (χ1v) is 26.3. The number of nitrogens with one attached hydrogen (secondary N) is 2. The minimum atomic E-state index is -4.25. The van der Waals surface area contributed by atoms with Gasteiger partial charge in [-0.3, -0.25) is 0 Å². The molecule has 7 rings (SSSR count). The normalized spacial score (nSPS) is 16.0. The molecule has 0 bridgehead atoms. The SMILES string of the molecule is CCc1ccc(OP2(Oc3ccc(CC)cc3)=N[PH](Oc3ccc(CC)cc3)(Oc3ccc(CC)cc3)N[PH](Oc3ccc(CC)cc3)(Oc3ccc(CC)cc3)N2)cc1. The second-order valence-corrected chi connectivity index (χ2v) is 21.9. The zero-order valence-electron chi connectivity index (χ0n) is 35.4. The van der Waals surface area contributed by atoms with E-state index in [9.17, 15) is 0 Å². The molecule has 316 valence electrons. The Morgan fingerprint density at radius 3 is 0.883 bits per heavy atom. The molecule has 0 fully saturated rings. The summed E-state index contributed by atoms with van der Waals surface area (Å²) >= 11 is 0. The summed E-state index contributed by atoms with van der Waals surface area (Å²) < 4.78 is 48.5. The van der Waals surface area contributed by atoms with Crippen LogP contribution < -0.4 is 36.9 Å². The van der Waals surface area contributed by atoms with Crippen molar-refractivity contribution in [2.75, 3.05) is 0 Å². The van der Waals surface area contributed by atoms with Gasteiger partial charge in [0.15, 0.2) is 0 Å². The molecule has 0 unspecified atom stereocenters. The predicted octanol–water partition coefficient (Wildman–Crippen LogP) is 13.8. The monoisotopic (exact) mass is 865 g/mol. The van der Waals surface area contributed by atoms with Gasteiger partial charge in [-0.05, 0) is 0 Å². The van der Waals surface area contributed by atoms with E-state index < -0.39 is 23.7 Å². The van der Waals surface area contributed by atoms with E-state index in [1.807, 2.05) is 72.8 Å². The fourth-order valence-corrected chi connectivity index (χ4v) is 18.2. The van der Waals surface area contributed by atoms with Crippen LogP contribution in [0.3, 0.4) is 0 Å². The van der Waals surface area contributed by atoms with Gasteiger partial charge in [-0.15, -0.1) is 0 Å². The van der Waals surface area contributed by atoms with Crippen LogP contribution in [-0.4, -0.2) is 0 Å². The van der Waals surface area contributed by atoms with Crippen molar-refractivity contribution in [3.05, 3.63) is 179 Å². The molecular formula is C48H58N3O6P3. The molecule has 1 heterocycles. The van der Waals surface area contributed by atoms with Gasteiger partial charge in [-0.25, -0.2) is 0 Å². The molecule has 0 amide bonds. The molecule has 0 atom stereocenters. The van der Waals surface area contributed by atoms with E-state index in [4.69, 9.17) is 31.7 Å². The van der Waals surface area contributed by atoms with Gasteiger partial charge in [-0.2, -0.15) is 0 Å². The number of rotatable bonds is 18. The molecule has 0 spiro atoms. The van der Waals surface area contributed by atoms with Crippen LogP contribution in [0, 0.1) is 0 Å². The van der Waals surface area contributed by atoms with Crippen LogP contribution in [0.2, 0.25) is 0 Å². The maximum absolute atomic E-state index is 7.19. The zero-order chi connectivity index (χ0) is 42.0. The second kappa shape index (κ2) is 19.7. The molecule has 0 saturated carbocycles. The van der Waals surface area contributed by atoms with E-state index in [0.717, 1.165) is 38.5 Å². The van der Waals surface area contributed by atoms with Gasteiger partial charge in [0, 0.05) is 0 Å². The van der Waals surface area contributed by atoms with Crippen LogP contribution >= 0.6 is 23.7 Å². The van der Waals surface area contributed by atoms with Gasteiger partial charge >= 0.3 is 359 Å². The third kappa shape index (κ3) is 10.9. The van der Waals surface area contributed by atoms with E-state index in [0.29, 0.717) is 34.5 Å². The van der Waals surface area contributed by atoms with E-state index in [-0.39, 0.29) is 0 Å². The van der Waals surface area contributed by atoms with Crippen molar-refractivity contribution in [1.29, 1.82) is 0 Å². The quantitative estimate of drug-likeness (QED) is 0.0826. The summed E-state index contributed by atoms with van der Waals surface area (Å²) in [5.41, 5.74) is 7.04. The van der Waals surface area contributed by atoms with Crippen LogP contribution in [0.4, 0.5) is 0 Å². The van der Waals surface area contributed by atoms with E-state index >= 15 is 0 Å². The molecule has 1 aliphatic heterocycles. The summed E-state index contributed by atoms with van der Waals surface area (Å²) in [5, 5.41) is 0. The summed E-state index contributed by atoms with van der Waals surface area (Å²) in [6, 6.07) is 48.0. The molecule has 0 radical (unpaired) electrons. The number of nitrogens with zero attached hydrogens (tertiary/aromatic N) is 1. The number of benzene rings is 6. The first-order chi connectivity index (χ1) is 29.2. The predicted molar refractivity (Wildman–Crippen MR) is 251 cm³/mol. The van der Waals surface area contributed by atoms with Gasteiger partial charge in [-0.1, -0.05) is 0 Å². The Kier molecular flexibility index (Phi) is 14.2. The van der Waals surface area contributed by atoms with Crippen LogP contribution in [0.5, 0.6) is 34.5 Å². The second-order valence-electron chi connectivity index (χ2n) is 14.6. The van der Waals surface area contributed by atoms with Crippen molar-refractivity contribution < 1.29 is 27.1 Å². The van der Waals surface area contributed by atoms with E-state index in [1.165, 1.54) is 33.4 Å². The van der Waals surface area contributed by atoms with Crippen molar-refractivity contribution in [2.24, 2.45) is 4.52 Å². The molecule has 2 N–H and O–H groups in total. The minimum absolute atomic E-state index is 0.550. The van der Waals surface area contributed by atoms with E-state index in [2.05, 4.69) is 124 Å². The third-order valence-corrected chi connectivity index (χ3v) is 20.3. The van der Waals surface area contributed by atoms with Gasteiger partial charge < -0.3 is 0 Å². The van der Waals surface area contributed by atoms with Gasteiger partial charge in [0.2, 0.25) is 0 Å². The molecule has 60 heavy (non-hydrogen) atoms. The molecule has 1 aliphatic rings. The molecule has 9 nitrogen and oxygen atoms in total. The Morgan fingerprint density at radius 2 is 0.617 bits per heavy atom. The molecule has 0 saturated heterocycles. The van der Waals surface area contributed by atoms with E-state index in [1.54, 1.807) is 0 Å². The summed E-state index contributed by atoms with van der Waals surface area (Å²) in [5.74, 6) is 3.37. The Morgan fingerprint density at radius 1 is 0.367 bits per heavy atom. The standard InChI is InChI=1S/C48H58N3O6P3/c1-7-37-13-25-43(26-14-37)52-58(53-44-27-15-38(8-2)16-28-44)49-59(54-45-29-17-39(9-3)18-30-45,55-46-31-19-40(10-4)20-32-46)51-60(50-58,56-47-33-21-41(11-5)22-34-47)57-48-35-23-42(12-6)24-36-48/h13-36,49-50,58-59H,7-12H2,1-6H3. The number of hydrogen-bond donors (Lipinski definition) is 2. The van der Waals surface area contributed by atoms with Gasteiger partial charge in [0.25, 0.3) is 0 Å². The Balaban J connectivity index is 1.49. The number of aryl methyl sites for hydroxylation is 6. The summed E-state index contributed by atoms with van der Waals surface area (Å²) in [6.07, 6.45) is 5.28. The molecular weight excluding hydrogens is 807 g/mol.